The molecule has 0 aliphatic heterocycles. The number of benzene rings is 4. The van der Waals surface area contributed by atoms with Gasteiger partial charge >= 0.3 is 0 Å². The highest BCUT2D eigenvalue weighted by Crippen LogP contribution is 2.18. The Labute approximate surface area is 415 Å². The number of phenolic OH excluding ortho intramolecular Hbond substituents is 4. The maximum Gasteiger partial charge on any atom is 0.243 e. The van der Waals surface area contributed by atoms with Crippen LogP contribution >= 0.6 is 11.8 Å². The van der Waals surface area contributed by atoms with Gasteiger partial charge in [-0.1, -0.05) is 74.1 Å². The third-order valence-electron chi connectivity index (χ3n) is 10.8. The molecule has 21 heteroatoms. The average Bonchev–Trinajstić information content (AvgIpc) is 3.31. The molecule has 20 nitrogen and oxygen atoms in total. The number of hydrogen-bond donors (Lipinski definition) is 12. The highest BCUT2D eigenvalue weighted by molar-refractivity contribution is 8.13. The third kappa shape index (κ3) is 19.7. The number of hydrogen-bond acceptors (Lipinski definition) is 14. The van der Waals surface area contributed by atoms with Crippen molar-refractivity contribution in [2.24, 2.45) is 17.4 Å². The Morgan fingerprint density at radius 1 is 0.493 bits per heavy atom. The molecule has 0 saturated carbocycles. The van der Waals surface area contributed by atoms with Gasteiger partial charge in [0.2, 0.25) is 46.5 Å². The summed E-state index contributed by atoms with van der Waals surface area (Å²) in [5.41, 5.74) is 13.7. The first-order valence-electron chi connectivity index (χ1n) is 22.7. The quantitative estimate of drug-likeness (QED) is 0.0388. The smallest absolute Gasteiger partial charge is 0.243 e. The molecule has 1 unspecified atom stereocenters. The lowest BCUT2D eigenvalue weighted by Gasteiger charge is -2.27. The molecule has 0 aromatic heterocycles. The van der Waals surface area contributed by atoms with Gasteiger partial charge < -0.3 is 63.8 Å². The van der Waals surface area contributed by atoms with Gasteiger partial charge in [-0.3, -0.25) is 38.4 Å². The highest BCUT2D eigenvalue weighted by Gasteiger charge is 2.34. The normalized spacial score (nSPS) is 13.5. The second kappa shape index (κ2) is 27.5. The topological polar surface area (TPSA) is 342 Å². The first-order chi connectivity index (χ1) is 33.6. The molecule has 4 rings (SSSR count). The van der Waals surface area contributed by atoms with E-state index in [9.17, 15) is 58.8 Å². The standard InChI is InChI=1S/C50H62N8O12S/c1-28(2)22-38(51)45(65)54-39(23-30-4-12-34(60)13-5-30)46(66)57-42(27-44(52)64)49(69)56-40(24-31-6-14-35(61)15-7-31)47(67)55-41(25-32-8-16-36(62)17-9-32)48(68)58-43(26-33-10-18-37(63)19-11-33)50(70)71-21-20-53-29(3)59/h4-19,28,38-43,60-63H,20-27,51H2,1-3H3,(H2,52,64)(H,53,59)(H,54,65)(H,55,67)(H,56,69)(H,57,66)(H,58,68)/t38-,39-,40-,41-,42+,43?/m1/s1. The Bertz CT molecular complexity index is 2460. The van der Waals surface area contributed by atoms with E-state index >= 15 is 0 Å². The van der Waals surface area contributed by atoms with Crippen LogP contribution in [0.25, 0.3) is 0 Å². The van der Waals surface area contributed by atoms with Crippen molar-refractivity contribution in [3.8, 4) is 23.0 Å². The molecule has 0 aliphatic rings. The summed E-state index contributed by atoms with van der Waals surface area (Å²) in [6.07, 6.45) is -1.10. The Morgan fingerprint density at radius 2 is 0.803 bits per heavy atom. The molecule has 6 atom stereocenters. The molecule has 4 aromatic rings. The number of nitrogens with two attached hydrogens (primary N) is 2. The van der Waals surface area contributed by atoms with E-state index in [0.29, 0.717) is 22.3 Å². The van der Waals surface area contributed by atoms with E-state index in [0.717, 1.165) is 11.8 Å². The molecule has 0 radical (unpaired) electrons. The minimum atomic E-state index is -1.72. The van der Waals surface area contributed by atoms with Gasteiger partial charge in [0.05, 0.1) is 12.5 Å². The van der Waals surface area contributed by atoms with Crippen LogP contribution in [0.2, 0.25) is 0 Å². The molecule has 0 aliphatic carbocycles. The molecule has 0 bridgehead atoms. The zero-order valence-electron chi connectivity index (χ0n) is 39.6. The van der Waals surface area contributed by atoms with E-state index in [1.807, 2.05) is 13.8 Å². The summed E-state index contributed by atoms with van der Waals surface area (Å²) in [4.78, 5) is 108. The molecule has 14 N–H and O–H groups in total. The second-order valence-corrected chi connectivity index (χ2v) is 18.4. The van der Waals surface area contributed by atoms with Crippen LogP contribution in [-0.4, -0.2) is 115 Å². The number of primary amides is 1. The van der Waals surface area contributed by atoms with Crippen LogP contribution in [0.3, 0.4) is 0 Å². The van der Waals surface area contributed by atoms with Crippen molar-refractivity contribution in [1.82, 2.24) is 31.9 Å². The number of carbonyl (C=O) groups excluding carboxylic acids is 8. The maximum atomic E-state index is 14.6. The van der Waals surface area contributed by atoms with Crippen LogP contribution in [-0.2, 0) is 64.0 Å². The summed E-state index contributed by atoms with van der Waals surface area (Å²) in [6, 6.07) is 14.9. The zero-order chi connectivity index (χ0) is 52.2. The predicted octanol–water partition coefficient (Wildman–Crippen LogP) is 0.848. The van der Waals surface area contributed by atoms with Gasteiger partial charge in [-0.15, -0.1) is 0 Å². The Morgan fingerprint density at radius 3 is 1.14 bits per heavy atom. The van der Waals surface area contributed by atoms with Crippen LogP contribution in [0.5, 0.6) is 23.0 Å². The molecule has 0 fully saturated rings. The lowest BCUT2D eigenvalue weighted by atomic mass is 10.0. The van der Waals surface area contributed by atoms with E-state index in [1.54, 1.807) is 12.1 Å². The number of rotatable bonds is 26. The SMILES string of the molecule is CC(=O)NCCSC(=O)C(Cc1ccc(O)cc1)NC(=O)[C@@H](Cc1ccc(O)cc1)NC(=O)[C@@H](Cc1ccc(O)cc1)NC(=O)[C@H](CC(N)=O)NC(=O)[C@@H](Cc1ccc(O)cc1)NC(=O)[C@H](N)CC(C)C. The van der Waals surface area contributed by atoms with E-state index in [1.165, 1.54) is 91.9 Å². The summed E-state index contributed by atoms with van der Waals surface area (Å²) in [6.45, 7) is 5.21. The summed E-state index contributed by atoms with van der Waals surface area (Å²) < 4.78 is 0. The number of carbonyl (C=O) groups is 8. The fourth-order valence-corrected chi connectivity index (χ4v) is 7.91. The Hall–Kier alpha value is -7.65. The number of thioether (sulfide) groups is 1. The third-order valence-corrected chi connectivity index (χ3v) is 11.8. The van der Waals surface area contributed by atoms with E-state index in [2.05, 4.69) is 31.9 Å². The minimum Gasteiger partial charge on any atom is -0.508 e. The molecular formula is C50H62N8O12S. The molecule has 4 aromatic carbocycles. The van der Waals surface area contributed by atoms with Crippen molar-refractivity contribution in [3.63, 3.8) is 0 Å². The van der Waals surface area contributed by atoms with Crippen LogP contribution in [0, 0.1) is 5.92 Å². The summed E-state index contributed by atoms with van der Waals surface area (Å²) in [5.74, 6) is -5.77. The first-order valence-corrected chi connectivity index (χ1v) is 23.7. The largest absolute Gasteiger partial charge is 0.508 e. The lowest BCUT2D eigenvalue weighted by Crippen LogP contribution is -2.60. The molecule has 0 saturated heterocycles. The van der Waals surface area contributed by atoms with Gasteiger partial charge in [0.1, 0.15) is 53.2 Å². The van der Waals surface area contributed by atoms with Gasteiger partial charge in [-0.25, -0.2) is 0 Å². The summed E-state index contributed by atoms with van der Waals surface area (Å²) in [7, 11) is 0. The minimum absolute atomic E-state index is 0.0275. The van der Waals surface area contributed by atoms with E-state index in [4.69, 9.17) is 11.5 Å². The van der Waals surface area contributed by atoms with Crippen LogP contribution in [0.1, 0.15) is 55.9 Å². The lowest BCUT2D eigenvalue weighted by molar-refractivity contribution is -0.135. The first kappa shape index (κ1) is 55.9. The summed E-state index contributed by atoms with van der Waals surface area (Å²) in [5, 5.41) is 54.9. The van der Waals surface area contributed by atoms with Gasteiger partial charge in [0.25, 0.3) is 0 Å². The Balaban J connectivity index is 1.67. The fourth-order valence-electron chi connectivity index (χ4n) is 7.16. The highest BCUT2D eigenvalue weighted by atomic mass is 32.2. The second-order valence-electron chi connectivity index (χ2n) is 17.3. The van der Waals surface area contributed by atoms with Crippen molar-refractivity contribution < 1.29 is 58.8 Å². The molecule has 7 amide bonds. The fraction of sp³-hybridized carbons (Fsp3) is 0.360. The molecule has 0 heterocycles. The molecule has 71 heavy (non-hydrogen) atoms. The number of aromatic hydroxyl groups is 4. The molecule has 380 valence electrons. The van der Waals surface area contributed by atoms with Gasteiger partial charge in [0, 0.05) is 44.9 Å². The van der Waals surface area contributed by atoms with Crippen LogP contribution in [0.4, 0.5) is 0 Å². The van der Waals surface area contributed by atoms with Crippen molar-refractivity contribution >= 4 is 58.2 Å². The predicted molar refractivity (Wildman–Crippen MR) is 264 cm³/mol. The number of amides is 7. The van der Waals surface area contributed by atoms with Gasteiger partial charge in [0.15, 0.2) is 0 Å². The number of nitrogens with one attached hydrogen (secondary N) is 6. The van der Waals surface area contributed by atoms with Crippen LogP contribution < -0.4 is 43.4 Å². The average molecular weight is 999 g/mol. The number of phenols is 4. The van der Waals surface area contributed by atoms with Crippen molar-refractivity contribution in [2.45, 2.75) is 95.5 Å². The maximum absolute atomic E-state index is 14.6. The van der Waals surface area contributed by atoms with Gasteiger partial charge in [-0.2, -0.15) is 0 Å². The van der Waals surface area contributed by atoms with Crippen molar-refractivity contribution in [1.29, 1.82) is 0 Å². The van der Waals surface area contributed by atoms with E-state index in [-0.39, 0.29) is 79.2 Å². The Kier molecular flexibility index (Phi) is 21.7. The molecule has 0 spiro atoms. The van der Waals surface area contributed by atoms with Crippen LogP contribution in [0.15, 0.2) is 97.1 Å². The van der Waals surface area contributed by atoms with Crippen molar-refractivity contribution in [2.75, 3.05) is 12.3 Å². The summed E-state index contributed by atoms with van der Waals surface area (Å²) >= 11 is 0.859. The zero-order valence-corrected chi connectivity index (χ0v) is 40.4. The van der Waals surface area contributed by atoms with E-state index < -0.39 is 83.2 Å². The van der Waals surface area contributed by atoms with Crippen molar-refractivity contribution in [3.05, 3.63) is 119 Å². The molecular weight excluding hydrogens is 937 g/mol. The van der Waals surface area contributed by atoms with Gasteiger partial charge in [-0.05, 0) is 83.1 Å². The monoisotopic (exact) mass is 998 g/mol.